The molecule has 0 amide bonds. The number of nitrogens with zero attached hydrogens (tertiary/aromatic N) is 10. The minimum atomic E-state index is -0.796. The standard InChI is InChI=1S/C15H11FN6OS.C12H11ClFN3S.C3N3.Na.H2O/c1-10(11-3-5-12(16)6-4-11)20-21-15-19-13(9-24-15)8-23-22-14(7-17)18-2;1-8(9-2-4-10(14)5-3-9)16-17-12-15-11(6-13)7-18-12;4-1-3(6)2-5;;/h3-6,9H,8H2,1H3,(H,19,21);2-5,7H,6H2,1H3,(H,15,17);;;1H2/q;;-1;+1;/p-1/b20-10+,22-14-;16-8+;;;. The van der Waals surface area contributed by atoms with Gasteiger partial charge in [-0.3, -0.25) is 10.9 Å². The van der Waals surface area contributed by atoms with Crippen molar-refractivity contribution in [1.29, 1.82) is 15.8 Å². The van der Waals surface area contributed by atoms with Gasteiger partial charge in [0, 0.05) is 16.5 Å². The van der Waals surface area contributed by atoms with Gasteiger partial charge in [0.25, 0.3) is 0 Å². The van der Waals surface area contributed by atoms with E-state index in [4.69, 9.17) is 44.2 Å². The van der Waals surface area contributed by atoms with E-state index in [1.807, 2.05) is 12.3 Å². The number of halogens is 3. The third kappa shape index (κ3) is 16.8. The molecule has 14 nitrogen and oxygen atoms in total. The molecule has 0 aliphatic heterocycles. The Morgan fingerprint density at radius 3 is 1.68 bits per heavy atom. The second kappa shape index (κ2) is 24.9. The topological polar surface area (TPSA) is 224 Å². The molecule has 2 aromatic heterocycles. The van der Waals surface area contributed by atoms with Crippen LogP contribution in [0.25, 0.3) is 10.3 Å². The largest absolute Gasteiger partial charge is 1.00 e. The normalized spacial score (nSPS) is 10.3. The molecule has 0 fully saturated rings. The number of rotatable bonds is 10. The summed E-state index contributed by atoms with van der Waals surface area (Å²) in [6, 6.07) is 16.2. The number of aromatic nitrogens is 2. The van der Waals surface area contributed by atoms with E-state index in [9.17, 15) is 8.78 Å². The second-order valence-electron chi connectivity index (χ2n) is 8.54. The molecule has 0 atom stereocenters. The first-order valence-electron chi connectivity index (χ1n) is 13.0. The van der Waals surface area contributed by atoms with Crippen molar-refractivity contribution >= 4 is 67.5 Å². The van der Waals surface area contributed by atoms with Gasteiger partial charge < -0.3 is 20.6 Å². The first-order chi connectivity index (χ1) is 23.1. The zero-order valence-electron chi connectivity index (χ0n) is 26.5. The van der Waals surface area contributed by atoms with Gasteiger partial charge in [0.1, 0.15) is 17.7 Å². The van der Waals surface area contributed by atoms with Gasteiger partial charge in [-0.1, -0.05) is 30.8 Å². The molecule has 20 heteroatoms. The van der Waals surface area contributed by atoms with E-state index in [2.05, 4.69) is 41.0 Å². The van der Waals surface area contributed by atoms with Crippen LogP contribution in [0.4, 0.5) is 19.0 Å². The van der Waals surface area contributed by atoms with E-state index in [0.717, 1.165) is 22.5 Å². The van der Waals surface area contributed by atoms with E-state index >= 15 is 0 Å². The van der Waals surface area contributed by atoms with Gasteiger partial charge in [-0.2, -0.15) is 20.7 Å². The fourth-order valence-electron chi connectivity index (χ4n) is 2.87. The SMILES string of the molecule is C/C(=N\Nc1nc(CCl)cs1)c1ccc(F)cc1.N#CC(=[N-])C#N.[C-]#[N+]/C(C#N)=N\OCc1csc(N/N=C(\C)c2ccc(F)cc2)n1.[Na+].[OH-]. The summed E-state index contributed by atoms with van der Waals surface area (Å²) in [6.45, 7) is 10.3. The van der Waals surface area contributed by atoms with Gasteiger partial charge in [0.15, 0.2) is 6.61 Å². The molecule has 0 unspecified atom stereocenters. The Morgan fingerprint density at radius 2 is 1.32 bits per heavy atom. The maximum Gasteiger partial charge on any atom is 1.00 e. The van der Waals surface area contributed by atoms with Crippen molar-refractivity contribution in [3.63, 3.8) is 0 Å². The molecule has 4 rings (SSSR count). The van der Waals surface area contributed by atoms with Crippen LogP contribution in [0.1, 0.15) is 36.4 Å². The van der Waals surface area contributed by atoms with Crippen molar-refractivity contribution < 1.29 is 48.7 Å². The Morgan fingerprint density at radius 1 is 0.880 bits per heavy atom. The van der Waals surface area contributed by atoms with Crippen LogP contribution < -0.4 is 40.4 Å². The minimum Gasteiger partial charge on any atom is -0.870 e. The minimum absolute atomic E-state index is 0. The number of oxime groups is 1. The summed E-state index contributed by atoms with van der Waals surface area (Å²) in [4.78, 5) is 16.2. The van der Waals surface area contributed by atoms with Gasteiger partial charge in [-0.05, 0) is 49.2 Å². The second-order valence-corrected chi connectivity index (χ2v) is 10.5. The first-order valence-corrected chi connectivity index (χ1v) is 15.3. The molecule has 3 N–H and O–H groups in total. The number of hydrogen-bond acceptors (Lipinski definition) is 14. The van der Waals surface area contributed by atoms with E-state index in [-0.39, 0.29) is 59.1 Å². The van der Waals surface area contributed by atoms with Gasteiger partial charge >= 0.3 is 35.4 Å². The third-order valence-electron chi connectivity index (χ3n) is 5.18. The van der Waals surface area contributed by atoms with Crippen molar-refractivity contribution in [2.24, 2.45) is 15.4 Å². The Balaban J connectivity index is 0.000000818. The van der Waals surface area contributed by atoms with Crippen LogP contribution >= 0.6 is 34.3 Å². The third-order valence-corrected chi connectivity index (χ3v) is 7.05. The summed E-state index contributed by atoms with van der Waals surface area (Å²) in [6.07, 6.45) is 0. The number of nitriles is 3. The van der Waals surface area contributed by atoms with Crippen molar-refractivity contribution in [2.45, 2.75) is 26.3 Å². The van der Waals surface area contributed by atoms with Crippen molar-refractivity contribution in [2.75, 3.05) is 10.9 Å². The van der Waals surface area contributed by atoms with E-state index in [1.54, 1.807) is 42.6 Å². The summed E-state index contributed by atoms with van der Waals surface area (Å²) in [5, 5.41) is 48.1. The van der Waals surface area contributed by atoms with Crippen LogP contribution in [0.2, 0.25) is 0 Å². The van der Waals surface area contributed by atoms with Crippen LogP contribution in [0.3, 0.4) is 0 Å². The Labute approximate surface area is 321 Å². The summed E-state index contributed by atoms with van der Waals surface area (Å²) < 4.78 is 25.6. The molecule has 4 aromatic rings. The average molecular weight is 744 g/mol. The van der Waals surface area contributed by atoms with Gasteiger partial charge in [-0.25, -0.2) is 24.0 Å². The number of alkyl halides is 1. The summed E-state index contributed by atoms with van der Waals surface area (Å²) >= 11 is 8.41. The molecule has 0 aliphatic carbocycles. The maximum absolute atomic E-state index is 12.9. The maximum atomic E-state index is 12.9. The predicted molar refractivity (Wildman–Crippen MR) is 184 cm³/mol. The molecular formula is C30H23ClF2N12NaO2S2-. The van der Waals surface area contributed by atoms with Crippen LogP contribution in [0, 0.1) is 52.2 Å². The van der Waals surface area contributed by atoms with Crippen LogP contribution in [0.5, 0.6) is 0 Å². The number of anilines is 2. The quantitative estimate of drug-likeness (QED) is 0.0594. The zero-order chi connectivity index (χ0) is 35.3. The van der Waals surface area contributed by atoms with Crippen LogP contribution in [0.15, 0.2) is 74.6 Å². The first kappa shape index (κ1) is 44.9. The van der Waals surface area contributed by atoms with Crippen LogP contribution in [-0.4, -0.2) is 38.4 Å². The summed E-state index contributed by atoms with van der Waals surface area (Å²) in [5.74, 6) is -0.544. The molecule has 2 heterocycles. The molecule has 0 saturated heterocycles. The average Bonchev–Trinajstić information content (AvgIpc) is 3.78. The number of amidine groups is 1. The smallest absolute Gasteiger partial charge is 0.870 e. The molecule has 0 saturated carbocycles. The van der Waals surface area contributed by atoms with Crippen molar-refractivity contribution in [3.8, 4) is 18.2 Å². The van der Waals surface area contributed by atoms with Crippen LogP contribution in [-0.2, 0) is 17.3 Å². The Bertz CT molecular complexity index is 1910. The number of thiazole rings is 2. The number of benzene rings is 2. The Kier molecular flexibility index (Phi) is 22.3. The fraction of sp³-hybridized carbons (Fsp3) is 0.133. The molecular weight excluding hydrogens is 721 g/mol. The van der Waals surface area contributed by atoms with Gasteiger partial charge in [-0.15, -0.1) is 34.3 Å². The molecule has 0 aliphatic rings. The van der Waals surface area contributed by atoms with E-state index < -0.39 is 5.71 Å². The summed E-state index contributed by atoms with van der Waals surface area (Å²) in [5.41, 5.74) is 9.37. The molecule has 250 valence electrons. The predicted octanol–water partition coefficient (Wildman–Crippen LogP) is 4.12. The molecule has 2 aromatic carbocycles. The number of nitrogens with one attached hydrogen (secondary N) is 2. The van der Waals surface area contributed by atoms with E-state index in [1.165, 1.54) is 59.1 Å². The Hall–Kier alpha value is -5.15. The van der Waals surface area contributed by atoms with Gasteiger partial charge in [0.2, 0.25) is 10.3 Å². The zero-order valence-corrected chi connectivity index (χ0v) is 30.9. The molecule has 0 spiro atoms. The molecule has 0 radical (unpaired) electrons. The fourth-order valence-corrected chi connectivity index (χ4v) is 4.39. The number of hydrogen-bond donors (Lipinski definition) is 2. The molecule has 0 bridgehead atoms. The van der Waals surface area contributed by atoms with Crippen molar-refractivity contribution in [3.05, 3.63) is 110 Å². The monoisotopic (exact) mass is 743 g/mol. The number of hydrazone groups is 2. The van der Waals surface area contributed by atoms with Crippen molar-refractivity contribution in [1.82, 2.24) is 9.97 Å². The van der Waals surface area contributed by atoms with E-state index in [0.29, 0.717) is 27.5 Å². The van der Waals surface area contributed by atoms with Gasteiger partial charge in [0.05, 0.1) is 46.0 Å². The molecule has 50 heavy (non-hydrogen) atoms. The summed E-state index contributed by atoms with van der Waals surface area (Å²) in [7, 11) is 0.